The largest absolute Gasteiger partial charge is 1.00 e. The average molecular weight is 200 g/mol. The maximum atomic E-state index is 9.38. The quantitative estimate of drug-likeness (QED) is 0.321. The zero-order valence-corrected chi connectivity index (χ0v) is 8.49. The van der Waals surface area contributed by atoms with E-state index in [-0.39, 0.29) is 23.4 Å². The second-order valence-corrected chi connectivity index (χ2v) is 3.33. The van der Waals surface area contributed by atoms with Gasteiger partial charge in [-0.25, -0.2) is 0 Å². The molecule has 0 heterocycles. The number of likely N-dealkylation sites (N-methyl/N-ethyl adjacent to an activating group) is 1. The number of quaternary nitrogens is 1. The van der Waals surface area contributed by atoms with E-state index in [1.165, 1.54) is 0 Å². The molecule has 0 fully saturated rings. The molecule has 0 saturated heterocycles. The highest BCUT2D eigenvalue weighted by Gasteiger charge is 2.26. The van der Waals surface area contributed by atoms with E-state index in [2.05, 4.69) is 0 Å². The summed E-state index contributed by atoms with van der Waals surface area (Å²) in [5, 5.41) is 26.7. The number of nitrogens with zero attached hydrogens (tertiary/aromatic N) is 1. The Hall–Kier alpha value is 0.130. The summed E-state index contributed by atoms with van der Waals surface area (Å²) in [4.78, 5) is 0. The lowest BCUT2D eigenvalue weighted by Gasteiger charge is -2.34. The molecule has 0 spiro atoms. The minimum absolute atomic E-state index is 0. The standard InChI is InChI=1S/C7H18NO3.ClH/c1-4-6(9)8(2,3)5-7(10)11;/h6-7,9-11H,4-5H2,1-3H3;1H/q+1;/p-1. The third kappa shape index (κ3) is 4.90. The molecule has 1 unspecified atom stereocenters. The van der Waals surface area contributed by atoms with Gasteiger partial charge in [0.1, 0.15) is 6.54 Å². The van der Waals surface area contributed by atoms with Gasteiger partial charge >= 0.3 is 0 Å². The van der Waals surface area contributed by atoms with E-state index in [0.717, 1.165) is 0 Å². The van der Waals surface area contributed by atoms with Crippen LogP contribution in [0.15, 0.2) is 0 Å². The predicted molar refractivity (Wildman–Crippen MR) is 41.5 cm³/mol. The zero-order chi connectivity index (χ0) is 9.07. The molecular formula is C7H18ClNO3. The highest BCUT2D eigenvalue weighted by molar-refractivity contribution is 4.40. The van der Waals surface area contributed by atoms with Gasteiger partial charge in [0.05, 0.1) is 14.1 Å². The highest BCUT2D eigenvalue weighted by Crippen LogP contribution is 2.07. The van der Waals surface area contributed by atoms with Gasteiger partial charge in [0.25, 0.3) is 0 Å². The van der Waals surface area contributed by atoms with Crippen molar-refractivity contribution in [2.24, 2.45) is 0 Å². The molecule has 0 aliphatic carbocycles. The summed E-state index contributed by atoms with van der Waals surface area (Å²) in [6, 6.07) is 0. The van der Waals surface area contributed by atoms with Crippen molar-refractivity contribution in [2.75, 3.05) is 20.6 Å². The summed E-state index contributed by atoms with van der Waals surface area (Å²) in [5.74, 6) is 0. The molecule has 0 amide bonds. The van der Waals surface area contributed by atoms with Crippen LogP contribution in [0.5, 0.6) is 0 Å². The van der Waals surface area contributed by atoms with Crippen molar-refractivity contribution in [3.63, 3.8) is 0 Å². The molecule has 1 atom stereocenters. The molecule has 12 heavy (non-hydrogen) atoms. The monoisotopic (exact) mass is 199 g/mol. The fourth-order valence-corrected chi connectivity index (χ4v) is 1.04. The van der Waals surface area contributed by atoms with Crippen molar-refractivity contribution in [2.45, 2.75) is 25.9 Å². The summed E-state index contributed by atoms with van der Waals surface area (Å²) >= 11 is 0. The number of halogens is 1. The van der Waals surface area contributed by atoms with E-state index < -0.39 is 12.5 Å². The fraction of sp³-hybridized carbons (Fsp3) is 1.00. The molecule has 76 valence electrons. The second-order valence-electron chi connectivity index (χ2n) is 3.33. The number of hydrogen-bond donors (Lipinski definition) is 3. The van der Waals surface area contributed by atoms with Gasteiger partial charge in [-0.05, 0) is 0 Å². The first-order chi connectivity index (χ1) is 4.90. The Balaban J connectivity index is 0. The Morgan fingerprint density at radius 3 is 1.83 bits per heavy atom. The van der Waals surface area contributed by atoms with Gasteiger partial charge in [0.15, 0.2) is 6.23 Å². The van der Waals surface area contributed by atoms with Gasteiger partial charge in [-0.3, -0.25) is 4.48 Å². The van der Waals surface area contributed by atoms with Crippen molar-refractivity contribution in [1.82, 2.24) is 0 Å². The van der Waals surface area contributed by atoms with E-state index in [0.29, 0.717) is 6.42 Å². The van der Waals surface area contributed by atoms with Crippen LogP contribution in [-0.4, -0.2) is 53.0 Å². The lowest BCUT2D eigenvalue weighted by atomic mass is 10.3. The van der Waals surface area contributed by atoms with Crippen LogP contribution >= 0.6 is 0 Å². The van der Waals surface area contributed by atoms with Gasteiger partial charge in [-0.1, -0.05) is 6.92 Å². The van der Waals surface area contributed by atoms with E-state index in [1.54, 1.807) is 14.1 Å². The lowest BCUT2D eigenvalue weighted by molar-refractivity contribution is -0.941. The molecule has 0 radical (unpaired) electrons. The first-order valence-electron chi connectivity index (χ1n) is 3.77. The summed E-state index contributed by atoms with van der Waals surface area (Å²) in [5.41, 5.74) is 0. The summed E-state index contributed by atoms with van der Waals surface area (Å²) < 4.78 is 0.216. The van der Waals surface area contributed by atoms with E-state index in [4.69, 9.17) is 10.2 Å². The Morgan fingerprint density at radius 1 is 1.17 bits per heavy atom. The summed E-state index contributed by atoms with van der Waals surface area (Å²) in [7, 11) is 3.52. The molecule has 0 aliphatic rings. The van der Waals surface area contributed by atoms with Crippen molar-refractivity contribution >= 4 is 0 Å². The van der Waals surface area contributed by atoms with Crippen molar-refractivity contribution in [3.8, 4) is 0 Å². The molecule has 3 N–H and O–H groups in total. The summed E-state index contributed by atoms with van der Waals surface area (Å²) in [6.45, 7) is 2.00. The van der Waals surface area contributed by atoms with Crippen LogP contribution in [0.1, 0.15) is 13.3 Å². The average Bonchev–Trinajstić information content (AvgIpc) is 1.83. The molecule has 0 saturated carbocycles. The van der Waals surface area contributed by atoms with Crippen molar-refractivity contribution in [3.05, 3.63) is 0 Å². The second kappa shape index (κ2) is 5.72. The molecule has 5 heteroatoms. The minimum atomic E-state index is -1.36. The maximum absolute atomic E-state index is 9.38. The lowest BCUT2D eigenvalue weighted by Crippen LogP contribution is -3.00. The summed E-state index contributed by atoms with van der Waals surface area (Å²) in [6.07, 6.45) is -1.28. The first kappa shape index (κ1) is 14.6. The molecule has 0 bridgehead atoms. The minimum Gasteiger partial charge on any atom is -1.00 e. The Bertz CT molecular complexity index is 119. The topological polar surface area (TPSA) is 60.7 Å². The number of aliphatic hydroxyl groups excluding tert-OH is 2. The molecule has 0 rings (SSSR count). The van der Waals surface area contributed by atoms with E-state index in [9.17, 15) is 5.11 Å². The van der Waals surface area contributed by atoms with Crippen LogP contribution in [-0.2, 0) is 0 Å². The van der Waals surface area contributed by atoms with Crippen molar-refractivity contribution in [1.29, 1.82) is 0 Å². The van der Waals surface area contributed by atoms with Gasteiger partial charge in [0.2, 0.25) is 6.29 Å². The maximum Gasteiger partial charge on any atom is 0.202 e. The van der Waals surface area contributed by atoms with Crippen LogP contribution in [0.2, 0.25) is 0 Å². The van der Waals surface area contributed by atoms with Crippen LogP contribution in [0.25, 0.3) is 0 Å². The molecule has 0 aromatic heterocycles. The smallest absolute Gasteiger partial charge is 0.202 e. The highest BCUT2D eigenvalue weighted by atomic mass is 35.5. The van der Waals surface area contributed by atoms with E-state index in [1.807, 2.05) is 6.92 Å². The van der Waals surface area contributed by atoms with Crippen LogP contribution in [0.4, 0.5) is 0 Å². The number of aliphatic hydroxyl groups is 3. The molecular weight excluding hydrogens is 182 g/mol. The van der Waals surface area contributed by atoms with Crippen LogP contribution in [0.3, 0.4) is 0 Å². The molecule has 4 nitrogen and oxygen atoms in total. The Kier molecular flexibility index (Phi) is 6.98. The third-order valence-electron chi connectivity index (χ3n) is 1.81. The van der Waals surface area contributed by atoms with Crippen molar-refractivity contribution < 1.29 is 32.2 Å². The van der Waals surface area contributed by atoms with Gasteiger partial charge in [0, 0.05) is 6.42 Å². The van der Waals surface area contributed by atoms with Gasteiger partial charge in [-0.15, -0.1) is 0 Å². The SMILES string of the molecule is CCC(O)[N+](C)(C)CC(O)O.[Cl-]. The Labute approximate surface area is 79.4 Å². The van der Waals surface area contributed by atoms with Gasteiger partial charge in [-0.2, -0.15) is 0 Å². The molecule has 0 aromatic rings. The number of hydrogen-bond acceptors (Lipinski definition) is 3. The fourth-order valence-electron chi connectivity index (χ4n) is 1.04. The van der Waals surface area contributed by atoms with E-state index >= 15 is 0 Å². The predicted octanol–water partition coefficient (Wildman–Crippen LogP) is -3.89. The van der Waals surface area contributed by atoms with Crippen LogP contribution < -0.4 is 12.4 Å². The number of rotatable bonds is 4. The molecule has 0 aromatic carbocycles. The zero-order valence-electron chi connectivity index (χ0n) is 7.74. The first-order valence-corrected chi connectivity index (χ1v) is 3.77. The van der Waals surface area contributed by atoms with Gasteiger partial charge < -0.3 is 27.7 Å². The van der Waals surface area contributed by atoms with Crippen LogP contribution in [0, 0.1) is 0 Å². The Morgan fingerprint density at radius 2 is 1.58 bits per heavy atom. The normalized spacial score (nSPS) is 14.2. The third-order valence-corrected chi connectivity index (χ3v) is 1.81. The molecule has 0 aliphatic heterocycles.